The molecule has 5 heteroatoms. The molecule has 0 radical (unpaired) electrons. The van der Waals surface area contributed by atoms with E-state index in [2.05, 4.69) is 27.8 Å². The summed E-state index contributed by atoms with van der Waals surface area (Å²) in [5, 5.41) is 5.75. The monoisotopic (exact) mass is 321 g/mol. The summed E-state index contributed by atoms with van der Waals surface area (Å²) in [6, 6.07) is 10.5. The molecule has 0 spiro atoms. The fourth-order valence-corrected chi connectivity index (χ4v) is 2.66. The van der Waals surface area contributed by atoms with Crippen molar-refractivity contribution >= 4 is 23.2 Å². The molecule has 3 rings (SSSR count). The second-order valence-electron chi connectivity index (χ2n) is 5.74. The predicted octanol–water partition coefficient (Wildman–Crippen LogP) is 3.63. The molecule has 1 aromatic heterocycles. The van der Waals surface area contributed by atoms with E-state index in [0.29, 0.717) is 16.9 Å². The maximum absolute atomic E-state index is 12.3. The van der Waals surface area contributed by atoms with Gasteiger partial charge in [0.2, 0.25) is 5.91 Å². The molecule has 0 aliphatic heterocycles. The lowest BCUT2D eigenvalue weighted by Gasteiger charge is -2.17. The van der Waals surface area contributed by atoms with Gasteiger partial charge < -0.3 is 10.6 Å². The van der Waals surface area contributed by atoms with Crippen LogP contribution < -0.4 is 10.6 Å². The van der Waals surface area contributed by atoms with Crippen molar-refractivity contribution in [2.24, 2.45) is 5.92 Å². The Labute approximate surface area is 140 Å². The lowest BCUT2D eigenvalue weighted by molar-refractivity contribution is -0.120. The molecule has 0 saturated heterocycles. The Morgan fingerprint density at radius 3 is 2.46 bits per heavy atom. The number of anilines is 2. The Morgan fingerprint density at radius 2 is 1.75 bits per heavy atom. The minimum atomic E-state index is -0.210. The zero-order chi connectivity index (χ0) is 16.8. The lowest BCUT2D eigenvalue weighted by Crippen LogP contribution is -2.23. The third-order valence-corrected chi connectivity index (χ3v) is 3.97. The average molecular weight is 321 g/mol. The zero-order valence-corrected chi connectivity index (χ0v) is 13.2. The summed E-state index contributed by atoms with van der Waals surface area (Å²) in [4.78, 5) is 28.3. The van der Waals surface area contributed by atoms with Gasteiger partial charge in [0.15, 0.2) is 0 Å². The van der Waals surface area contributed by atoms with Crippen molar-refractivity contribution < 1.29 is 9.59 Å². The Bertz CT molecular complexity index is 756. The molecule has 2 N–H and O–H groups in total. The molecule has 2 amide bonds. The molecular formula is C19H19N3O2. The first kappa shape index (κ1) is 15.9. The number of nitrogens with zero attached hydrogens (tertiary/aromatic N) is 1. The normalized spacial score (nSPS) is 16.4. The third-order valence-electron chi connectivity index (χ3n) is 3.97. The van der Waals surface area contributed by atoms with Crippen LogP contribution in [0.15, 0.2) is 60.9 Å². The van der Waals surface area contributed by atoms with Crippen LogP contribution in [-0.2, 0) is 4.79 Å². The Hall–Kier alpha value is -2.95. The molecule has 0 fully saturated rings. The number of hydrogen-bond acceptors (Lipinski definition) is 3. The van der Waals surface area contributed by atoms with Crippen LogP contribution in [0.4, 0.5) is 11.4 Å². The fraction of sp³-hybridized carbons (Fsp3) is 0.211. The van der Waals surface area contributed by atoms with Gasteiger partial charge in [-0.15, -0.1) is 0 Å². The van der Waals surface area contributed by atoms with Gasteiger partial charge in [0.25, 0.3) is 5.91 Å². The van der Waals surface area contributed by atoms with Crippen LogP contribution in [0, 0.1) is 5.92 Å². The molecular weight excluding hydrogens is 302 g/mol. The molecule has 0 unspecified atom stereocenters. The van der Waals surface area contributed by atoms with E-state index >= 15 is 0 Å². The number of hydrogen-bond donors (Lipinski definition) is 2. The minimum absolute atomic E-state index is 0.0186. The highest BCUT2D eigenvalue weighted by Gasteiger charge is 2.18. The van der Waals surface area contributed by atoms with Crippen molar-refractivity contribution in [3.8, 4) is 0 Å². The van der Waals surface area contributed by atoms with Crippen molar-refractivity contribution in [3.05, 3.63) is 66.5 Å². The number of benzene rings is 1. The summed E-state index contributed by atoms with van der Waals surface area (Å²) < 4.78 is 0. The van der Waals surface area contributed by atoms with Gasteiger partial charge in [-0.1, -0.05) is 18.2 Å². The molecule has 1 aliphatic carbocycles. The topological polar surface area (TPSA) is 71.1 Å². The molecule has 24 heavy (non-hydrogen) atoms. The molecule has 122 valence electrons. The Morgan fingerprint density at radius 1 is 1.00 bits per heavy atom. The molecule has 1 atom stereocenters. The van der Waals surface area contributed by atoms with E-state index in [1.54, 1.807) is 42.7 Å². The second kappa shape index (κ2) is 7.55. The van der Waals surface area contributed by atoms with Gasteiger partial charge in [-0.3, -0.25) is 14.6 Å². The molecule has 5 nitrogen and oxygen atoms in total. The average Bonchev–Trinajstić information content (AvgIpc) is 2.63. The number of rotatable bonds is 4. The van der Waals surface area contributed by atoms with Crippen molar-refractivity contribution in [2.45, 2.75) is 19.3 Å². The highest BCUT2D eigenvalue weighted by atomic mass is 16.2. The fourth-order valence-electron chi connectivity index (χ4n) is 2.66. The van der Waals surface area contributed by atoms with Crippen LogP contribution in [0.3, 0.4) is 0 Å². The smallest absolute Gasteiger partial charge is 0.255 e. The van der Waals surface area contributed by atoms with E-state index in [9.17, 15) is 9.59 Å². The van der Waals surface area contributed by atoms with Crippen molar-refractivity contribution in [2.75, 3.05) is 10.6 Å². The van der Waals surface area contributed by atoms with Gasteiger partial charge in [0.1, 0.15) is 0 Å². The van der Waals surface area contributed by atoms with Crippen molar-refractivity contribution in [1.82, 2.24) is 4.98 Å². The zero-order valence-electron chi connectivity index (χ0n) is 13.2. The van der Waals surface area contributed by atoms with E-state index in [4.69, 9.17) is 0 Å². The van der Waals surface area contributed by atoms with Gasteiger partial charge in [-0.2, -0.15) is 0 Å². The number of aromatic nitrogens is 1. The van der Waals surface area contributed by atoms with E-state index < -0.39 is 0 Å². The minimum Gasteiger partial charge on any atom is -0.326 e. The highest BCUT2D eigenvalue weighted by molar-refractivity contribution is 6.04. The first-order valence-electron chi connectivity index (χ1n) is 8.00. The molecule has 0 saturated carbocycles. The Kier molecular flexibility index (Phi) is 5.01. The summed E-state index contributed by atoms with van der Waals surface area (Å²) in [6.07, 6.45) is 9.91. The van der Waals surface area contributed by atoms with Gasteiger partial charge >= 0.3 is 0 Å². The summed E-state index contributed by atoms with van der Waals surface area (Å²) in [7, 11) is 0. The predicted molar refractivity (Wildman–Crippen MR) is 93.7 cm³/mol. The number of pyridine rings is 1. The summed E-state index contributed by atoms with van der Waals surface area (Å²) >= 11 is 0. The van der Waals surface area contributed by atoms with E-state index in [1.807, 2.05) is 6.07 Å². The molecule has 2 aromatic rings. The number of nitrogens with one attached hydrogen (secondary N) is 2. The van der Waals surface area contributed by atoms with Gasteiger partial charge in [0.05, 0.1) is 0 Å². The molecule has 1 heterocycles. The van der Waals surface area contributed by atoms with E-state index in [1.165, 1.54) is 0 Å². The Balaban J connectivity index is 1.64. The van der Waals surface area contributed by atoms with Crippen LogP contribution in [0.5, 0.6) is 0 Å². The van der Waals surface area contributed by atoms with E-state index in [-0.39, 0.29) is 17.7 Å². The highest BCUT2D eigenvalue weighted by Crippen LogP contribution is 2.22. The van der Waals surface area contributed by atoms with E-state index in [0.717, 1.165) is 19.3 Å². The second-order valence-corrected chi connectivity index (χ2v) is 5.74. The summed E-state index contributed by atoms with van der Waals surface area (Å²) in [5.41, 5.74) is 1.86. The van der Waals surface area contributed by atoms with Gasteiger partial charge in [0, 0.05) is 35.2 Å². The third kappa shape index (κ3) is 4.07. The maximum Gasteiger partial charge on any atom is 0.255 e. The number of carbonyl (C=O) groups excluding carboxylic acids is 2. The van der Waals surface area contributed by atoms with Crippen LogP contribution >= 0.6 is 0 Å². The number of amides is 2. The largest absolute Gasteiger partial charge is 0.326 e. The summed E-state index contributed by atoms with van der Waals surface area (Å²) in [6.45, 7) is 0. The molecule has 1 aliphatic rings. The standard InChI is InChI=1S/C19H19N3O2/c23-18(14-5-2-1-3-6-14)21-16-7-4-8-17(13-16)22-19(24)15-9-11-20-12-10-15/h1-2,4,7-14H,3,5-6H2,(H,21,23)(H,22,24)/t14-/m1/s1. The SMILES string of the molecule is O=C(Nc1cccc(NC(=O)[C@@H]2CC=CCC2)c1)c1ccncc1. The molecule has 0 bridgehead atoms. The van der Waals surface area contributed by atoms with Crippen LogP contribution in [-0.4, -0.2) is 16.8 Å². The van der Waals surface area contributed by atoms with Crippen molar-refractivity contribution in [1.29, 1.82) is 0 Å². The number of carbonyl (C=O) groups is 2. The lowest BCUT2D eigenvalue weighted by atomic mass is 9.93. The van der Waals surface area contributed by atoms with Crippen molar-refractivity contribution in [3.63, 3.8) is 0 Å². The number of allylic oxidation sites excluding steroid dienone is 2. The molecule has 1 aromatic carbocycles. The maximum atomic E-state index is 12.3. The van der Waals surface area contributed by atoms with Crippen LogP contribution in [0.2, 0.25) is 0 Å². The van der Waals surface area contributed by atoms with Gasteiger partial charge in [-0.05, 0) is 49.6 Å². The quantitative estimate of drug-likeness (QED) is 0.845. The van der Waals surface area contributed by atoms with Crippen LogP contribution in [0.1, 0.15) is 29.6 Å². The van der Waals surface area contributed by atoms with Crippen LogP contribution in [0.25, 0.3) is 0 Å². The first-order valence-corrected chi connectivity index (χ1v) is 8.00. The first-order chi connectivity index (χ1) is 11.7. The van der Waals surface area contributed by atoms with Gasteiger partial charge in [-0.25, -0.2) is 0 Å². The summed E-state index contributed by atoms with van der Waals surface area (Å²) in [5.74, 6) is -0.166.